The summed E-state index contributed by atoms with van der Waals surface area (Å²) in [6.07, 6.45) is -1.36. The summed E-state index contributed by atoms with van der Waals surface area (Å²) in [5, 5.41) is 0. The SMILES string of the molecule is CCC[Si@H]1CC[C@H](c2ccc(-c3ccccc3OC(F)(F)F)c(F)c2)CC1. The molecule has 1 nitrogen and oxygen atoms in total. The maximum Gasteiger partial charge on any atom is 0.573 e. The van der Waals surface area contributed by atoms with E-state index in [0.717, 1.165) is 18.4 Å². The van der Waals surface area contributed by atoms with Crippen molar-refractivity contribution in [2.24, 2.45) is 0 Å². The highest BCUT2D eigenvalue weighted by Crippen LogP contribution is 2.39. The molecule has 0 unspecified atom stereocenters. The minimum atomic E-state index is -4.81. The van der Waals surface area contributed by atoms with E-state index >= 15 is 0 Å². The van der Waals surface area contributed by atoms with E-state index in [4.69, 9.17) is 0 Å². The standard InChI is InChI=1S/C21H24F4OSi/c1-2-11-27-12-9-15(10-13-27)16-7-8-17(19(22)14-16)18-5-3-4-6-20(18)26-21(23,24)25/h3-8,14-15,27H,2,9-13H2,1H3/t15-,27-. The molecule has 0 aromatic heterocycles. The predicted molar refractivity (Wildman–Crippen MR) is 102 cm³/mol. The molecule has 0 amide bonds. The van der Waals surface area contributed by atoms with Gasteiger partial charge in [0, 0.05) is 19.9 Å². The molecule has 2 aromatic carbocycles. The number of hydrogen-bond acceptors (Lipinski definition) is 1. The maximum absolute atomic E-state index is 14.8. The molecule has 0 bridgehead atoms. The predicted octanol–water partition coefficient (Wildman–Crippen LogP) is 6.91. The monoisotopic (exact) mass is 396 g/mol. The minimum Gasteiger partial charge on any atom is -0.405 e. The van der Waals surface area contributed by atoms with Crippen molar-refractivity contribution in [3.05, 3.63) is 53.8 Å². The lowest BCUT2D eigenvalue weighted by Gasteiger charge is -2.28. The number of halogens is 4. The molecule has 6 heteroatoms. The van der Waals surface area contributed by atoms with E-state index in [1.54, 1.807) is 12.1 Å². The summed E-state index contributed by atoms with van der Waals surface area (Å²) in [6, 6.07) is 14.6. The molecule has 1 aliphatic heterocycles. The summed E-state index contributed by atoms with van der Waals surface area (Å²) in [5.41, 5.74) is 1.19. The summed E-state index contributed by atoms with van der Waals surface area (Å²) in [5.74, 6) is -0.530. The average molecular weight is 397 g/mol. The van der Waals surface area contributed by atoms with E-state index in [1.807, 2.05) is 6.07 Å². The van der Waals surface area contributed by atoms with Gasteiger partial charge < -0.3 is 4.74 Å². The number of alkyl halides is 3. The highest BCUT2D eigenvalue weighted by molar-refractivity contribution is 6.59. The molecular formula is C21H24F4OSi. The zero-order chi connectivity index (χ0) is 19.4. The molecule has 0 aliphatic carbocycles. The van der Waals surface area contributed by atoms with Crippen molar-refractivity contribution in [2.45, 2.75) is 56.6 Å². The zero-order valence-electron chi connectivity index (χ0n) is 15.4. The van der Waals surface area contributed by atoms with Gasteiger partial charge in [0.1, 0.15) is 11.6 Å². The van der Waals surface area contributed by atoms with Crippen molar-refractivity contribution in [3.8, 4) is 16.9 Å². The minimum absolute atomic E-state index is 0.109. The molecule has 146 valence electrons. The van der Waals surface area contributed by atoms with Crippen molar-refractivity contribution < 1.29 is 22.3 Å². The average Bonchev–Trinajstić information content (AvgIpc) is 2.62. The number of para-hydroxylation sites is 1. The molecule has 2 aromatic rings. The smallest absolute Gasteiger partial charge is 0.405 e. The molecule has 1 heterocycles. The maximum atomic E-state index is 14.8. The van der Waals surface area contributed by atoms with Gasteiger partial charge in [-0.2, -0.15) is 0 Å². The van der Waals surface area contributed by atoms with Crippen molar-refractivity contribution in [3.63, 3.8) is 0 Å². The van der Waals surface area contributed by atoms with Crippen LogP contribution in [0.1, 0.15) is 37.7 Å². The van der Waals surface area contributed by atoms with Crippen LogP contribution in [0.25, 0.3) is 11.1 Å². The first kappa shape index (κ1) is 19.9. The summed E-state index contributed by atoms with van der Waals surface area (Å²) >= 11 is 0. The van der Waals surface area contributed by atoms with Gasteiger partial charge >= 0.3 is 6.36 Å². The van der Waals surface area contributed by atoms with Gasteiger partial charge in [0.2, 0.25) is 0 Å². The first-order chi connectivity index (χ1) is 12.9. The lowest BCUT2D eigenvalue weighted by Crippen LogP contribution is -2.20. The Bertz CT molecular complexity index is 767. The van der Waals surface area contributed by atoms with Crippen LogP contribution in [0.5, 0.6) is 5.75 Å². The molecule has 1 aliphatic rings. The molecule has 0 saturated carbocycles. The van der Waals surface area contributed by atoms with Crippen molar-refractivity contribution >= 4 is 8.80 Å². The van der Waals surface area contributed by atoms with Crippen molar-refractivity contribution in [2.75, 3.05) is 0 Å². The fourth-order valence-electron chi connectivity index (χ4n) is 4.10. The van der Waals surface area contributed by atoms with Crippen LogP contribution < -0.4 is 4.74 Å². The van der Waals surface area contributed by atoms with Crippen molar-refractivity contribution in [1.82, 2.24) is 0 Å². The molecule has 0 atom stereocenters. The van der Waals surface area contributed by atoms with Crippen molar-refractivity contribution in [1.29, 1.82) is 0 Å². The van der Waals surface area contributed by atoms with Crippen LogP contribution in [0.15, 0.2) is 42.5 Å². The van der Waals surface area contributed by atoms with Gasteiger partial charge in [-0.1, -0.05) is 61.8 Å². The number of rotatable bonds is 5. The van der Waals surface area contributed by atoms with Crippen LogP contribution in [0.3, 0.4) is 0 Å². The Kier molecular flexibility index (Phi) is 6.24. The molecule has 3 rings (SSSR count). The first-order valence-electron chi connectivity index (χ1n) is 9.52. The van der Waals surface area contributed by atoms with Crippen LogP contribution in [-0.4, -0.2) is 15.2 Å². The van der Waals surface area contributed by atoms with Gasteiger partial charge in [-0.15, -0.1) is 13.2 Å². The van der Waals surface area contributed by atoms with E-state index in [0.29, 0.717) is 5.92 Å². The van der Waals surface area contributed by atoms with Gasteiger partial charge in [0.05, 0.1) is 0 Å². The van der Waals surface area contributed by atoms with Crippen LogP contribution in [0, 0.1) is 5.82 Å². The van der Waals surface area contributed by atoms with Crippen LogP contribution in [0.2, 0.25) is 18.1 Å². The number of hydrogen-bond donors (Lipinski definition) is 0. The summed E-state index contributed by atoms with van der Waals surface area (Å²) in [6.45, 7) is 2.23. The van der Waals surface area contributed by atoms with Gasteiger partial charge in [0.15, 0.2) is 0 Å². The summed E-state index contributed by atoms with van der Waals surface area (Å²) in [4.78, 5) is 0. The molecular weight excluding hydrogens is 372 g/mol. The Morgan fingerprint density at radius 1 is 1.04 bits per heavy atom. The second-order valence-electron chi connectivity index (χ2n) is 7.29. The molecule has 0 N–H and O–H groups in total. The van der Waals surface area contributed by atoms with E-state index in [9.17, 15) is 17.6 Å². The third-order valence-electron chi connectivity index (χ3n) is 5.41. The number of ether oxygens (including phenoxy) is 1. The second-order valence-corrected chi connectivity index (χ2v) is 10.8. The highest BCUT2D eigenvalue weighted by Gasteiger charge is 2.32. The Labute approximate surface area is 159 Å². The lowest BCUT2D eigenvalue weighted by atomic mass is 9.91. The Balaban J connectivity index is 1.80. The second kappa shape index (κ2) is 8.46. The Hall–Kier alpha value is -1.82. The quantitative estimate of drug-likeness (QED) is 0.394. The third kappa shape index (κ3) is 5.12. The number of benzene rings is 2. The Morgan fingerprint density at radius 2 is 1.74 bits per heavy atom. The molecule has 0 spiro atoms. The van der Waals surface area contributed by atoms with E-state index in [2.05, 4.69) is 11.7 Å². The molecule has 1 saturated heterocycles. The van der Waals surface area contributed by atoms with Crippen LogP contribution in [0.4, 0.5) is 17.6 Å². The van der Waals surface area contributed by atoms with Gasteiger partial charge in [-0.25, -0.2) is 4.39 Å². The van der Waals surface area contributed by atoms with Crippen LogP contribution in [-0.2, 0) is 0 Å². The van der Waals surface area contributed by atoms with Gasteiger partial charge in [-0.3, -0.25) is 0 Å². The normalized spacial score (nSPS) is 20.5. The van der Waals surface area contributed by atoms with Gasteiger partial charge in [-0.05, 0) is 36.5 Å². The van der Waals surface area contributed by atoms with E-state index in [1.165, 1.54) is 48.8 Å². The fraction of sp³-hybridized carbons (Fsp3) is 0.429. The fourth-order valence-corrected chi connectivity index (χ4v) is 7.53. The summed E-state index contributed by atoms with van der Waals surface area (Å²) < 4.78 is 56.7. The Morgan fingerprint density at radius 3 is 2.37 bits per heavy atom. The van der Waals surface area contributed by atoms with E-state index < -0.39 is 21.0 Å². The highest BCUT2D eigenvalue weighted by atomic mass is 28.3. The molecule has 1 fully saturated rings. The topological polar surface area (TPSA) is 9.23 Å². The molecule has 27 heavy (non-hydrogen) atoms. The lowest BCUT2D eigenvalue weighted by molar-refractivity contribution is -0.274. The first-order valence-corrected chi connectivity index (χ1v) is 12.0. The molecule has 0 radical (unpaired) electrons. The largest absolute Gasteiger partial charge is 0.573 e. The third-order valence-corrected chi connectivity index (χ3v) is 9.10. The zero-order valence-corrected chi connectivity index (χ0v) is 16.5. The van der Waals surface area contributed by atoms with E-state index in [-0.39, 0.29) is 16.9 Å². The van der Waals surface area contributed by atoms with Crippen LogP contribution >= 0.6 is 0 Å². The summed E-state index contributed by atoms with van der Waals surface area (Å²) in [7, 11) is -0.604. The van der Waals surface area contributed by atoms with Gasteiger partial charge in [0.25, 0.3) is 0 Å².